The first-order valence-electron chi connectivity index (χ1n) is 6.63. The molecule has 0 saturated carbocycles. The highest BCUT2D eigenvalue weighted by molar-refractivity contribution is 5.57. The summed E-state index contributed by atoms with van der Waals surface area (Å²) in [5.74, 6) is 1.14. The first kappa shape index (κ1) is 12.6. The second kappa shape index (κ2) is 5.30. The van der Waals surface area contributed by atoms with Gasteiger partial charge in [-0.05, 0) is 12.1 Å². The zero-order valence-corrected chi connectivity index (χ0v) is 11.3. The fourth-order valence-corrected chi connectivity index (χ4v) is 2.03. The number of nitrogens with one attached hydrogen (secondary N) is 1. The number of hydrogen-bond donors (Lipinski definition) is 2. The zero-order chi connectivity index (χ0) is 13.9. The van der Waals surface area contributed by atoms with E-state index in [1.807, 2.05) is 53.6 Å². The largest absolute Gasteiger partial charge is 0.342 e. The molecule has 2 heterocycles. The number of aromatic nitrogens is 4. The van der Waals surface area contributed by atoms with Crippen molar-refractivity contribution in [2.24, 2.45) is 5.73 Å². The van der Waals surface area contributed by atoms with Crippen LogP contribution in [-0.2, 0) is 0 Å². The van der Waals surface area contributed by atoms with Crippen molar-refractivity contribution in [1.82, 2.24) is 19.7 Å². The molecule has 5 nitrogen and oxygen atoms in total. The van der Waals surface area contributed by atoms with Gasteiger partial charge in [0.05, 0.1) is 23.8 Å². The highest BCUT2D eigenvalue weighted by Gasteiger charge is 2.10. The molecule has 0 radical (unpaired) electrons. The van der Waals surface area contributed by atoms with Crippen LogP contribution in [0.15, 0.2) is 48.9 Å². The van der Waals surface area contributed by atoms with Crippen LogP contribution in [0.4, 0.5) is 0 Å². The molecular formula is C15H17N5. The Hall–Kier alpha value is -2.40. The number of benzene rings is 1. The molecule has 20 heavy (non-hydrogen) atoms. The molecule has 0 aliphatic carbocycles. The third kappa shape index (κ3) is 2.35. The van der Waals surface area contributed by atoms with Crippen molar-refractivity contribution < 1.29 is 0 Å². The highest BCUT2D eigenvalue weighted by Crippen LogP contribution is 2.20. The number of rotatable bonds is 4. The first-order valence-corrected chi connectivity index (χ1v) is 6.63. The van der Waals surface area contributed by atoms with Crippen molar-refractivity contribution in [3.8, 4) is 16.9 Å². The first-order chi connectivity index (χ1) is 9.78. The van der Waals surface area contributed by atoms with E-state index in [2.05, 4.69) is 22.0 Å². The lowest BCUT2D eigenvalue weighted by molar-refractivity contribution is 0.725. The topological polar surface area (TPSA) is 72.5 Å². The van der Waals surface area contributed by atoms with Crippen LogP contribution in [0.5, 0.6) is 0 Å². The van der Waals surface area contributed by atoms with E-state index in [1.165, 1.54) is 0 Å². The molecule has 0 aliphatic heterocycles. The van der Waals surface area contributed by atoms with Crippen LogP contribution in [0.3, 0.4) is 0 Å². The van der Waals surface area contributed by atoms with Crippen molar-refractivity contribution in [2.45, 2.75) is 12.8 Å². The summed E-state index contributed by atoms with van der Waals surface area (Å²) in [4.78, 5) is 7.67. The summed E-state index contributed by atoms with van der Waals surface area (Å²) >= 11 is 0. The van der Waals surface area contributed by atoms with Crippen LogP contribution in [0.1, 0.15) is 18.7 Å². The molecule has 3 N–H and O–H groups in total. The standard InChI is InChI=1S/C15H17N5/c1-11(7-16)15-17-9-14(19-15)12-8-18-20(10-12)13-5-3-2-4-6-13/h2-6,8-11H,7,16H2,1H3,(H,17,19). The Bertz CT molecular complexity index is 683. The Labute approximate surface area is 117 Å². The van der Waals surface area contributed by atoms with E-state index in [1.54, 1.807) is 0 Å². The third-order valence-electron chi connectivity index (χ3n) is 3.33. The van der Waals surface area contributed by atoms with Crippen molar-refractivity contribution in [3.63, 3.8) is 0 Å². The fraction of sp³-hybridized carbons (Fsp3) is 0.200. The summed E-state index contributed by atoms with van der Waals surface area (Å²) in [5, 5.41) is 4.38. The number of hydrogen-bond acceptors (Lipinski definition) is 3. The molecule has 0 fully saturated rings. The summed E-state index contributed by atoms with van der Waals surface area (Å²) in [6, 6.07) is 10.0. The van der Waals surface area contributed by atoms with E-state index < -0.39 is 0 Å². The van der Waals surface area contributed by atoms with Crippen LogP contribution in [0, 0.1) is 0 Å². The molecule has 0 bridgehead atoms. The lowest BCUT2D eigenvalue weighted by Crippen LogP contribution is -2.10. The van der Waals surface area contributed by atoms with Crippen molar-refractivity contribution in [2.75, 3.05) is 6.54 Å². The van der Waals surface area contributed by atoms with Crippen LogP contribution < -0.4 is 5.73 Å². The maximum Gasteiger partial charge on any atom is 0.110 e. The number of H-pyrrole nitrogens is 1. The van der Waals surface area contributed by atoms with Crippen molar-refractivity contribution in [3.05, 3.63) is 54.7 Å². The average Bonchev–Trinajstić information content (AvgIpc) is 3.16. The van der Waals surface area contributed by atoms with E-state index in [9.17, 15) is 0 Å². The number of imidazole rings is 1. The van der Waals surface area contributed by atoms with E-state index in [0.29, 0.717) is 6.54 Å². The minimum absolute atomic E-state index is 0.230. The molecule has 102 valence electrons. The normalized spacial score (nSPS) is 12.5. The van der Waals surface area contributed by atoms with Crippen molar-refractivity contribution in [1.29, 1.82) is 0 Å². The van der Waals surface area contributed by atoms with Gasteiger partial charge in [0.2, 0.25) is 0 Å². The van der Waals surface area contributed by atoms with Crippen LogP contribution in [0.25, 0.3) is 16.9 Å². The minimum atomic E-state index is 0.230. The van der Waals surface area contributed by atoms with Gasteiger partial charge in [0.25, 0.3) is 0 Å². The van der Waals surface area contributed by atoms with E-state index in [0.717, 1.165) is 22.8 Å². The monoisotopic (exact) mass is 267 g/mol. The summed E-state index contributed by atoms with van der Waals surface area (Å²) in [7, 11) is 0. The lowest BCUT2D eigenvalue weighted by atomic mass is 10.2. The van der Waals surface area contributed by atoms with Gasteiger partial charge >= 0.3 is 0 Å². The van der Waals surface area contributed by atoms with Gasteiger partial charge in [0, 0.05) is 24.2 Å². The zero-order valence-electron chi connectivity index (χ0n) is 11.3. The Morgan fingerprint density at radius 1 is 1.25 bits per heavy atom. The fourth-order valence-electron chi connectivity index (χ4n) is 2.03. The number of para-hydroxylation sites is 1. The number of nitrogens with two attached hydrogens (primary N) is 1. The van der Waals surface area contributed by atoms with E-state index in [-0.39, 0.29) is 5.92 Å². The number of aromatic amines is 1. The molecule has 1 atom stereocenters. The summed E-state index contributed by atoms with van der Waals surface area (Å²) in [6.45, 7) is 2.63. The summed E-state index contributed by atoms with van der Waals surface area (Å²) < 4.78 is 1.85. The van der Waals surface area contributed by atoms with E-state index in [4.69, 9.17) is 5.73 Å². The highest BCUT2D eigenvalue weighted by atomic mass is 15.3. The molecule has 5 heteroatoms. The molecule has 3 rings (SSSR count). The second-order valence-electron chi connectivity index (χ2n) is 4.83. The lowest BCUT2D eigenvalue weighted by Gasteiger charge is -2.02. The maximum atomic E-state index is 5.66. The SMILES string of the molecule is CC(CN)c1ncc(-c2cnn(-c3ccccc3)c2)[nH]1. The molecule has 1 unspecified atom stereocenters. The van der Waals surface area contributed by atoms with Gasteiger partial charge < -0.3 is 10.7 Å². The predicted octanol–water partition coefficient (Wildman–Crippen LogP) is 2.32. The van der Waals surface area contributed by atoms with Gasteiger partial charge in [-0.3, -0.25) is 0 Å². The van der Waals surface area contributed by atoms with Gasteiger partial charge in [-0.15, -0.1) is 0 Å². The van der Waals surface area contributed by atoms with Crippen LogP contribution >= 0.6 is 0 Å². The molecule has 0 spiro atoms. The van der Waals surface area contributed by atoms with E-state index >= 15 is 0 Å². The quantitative estimate of drug-likeness (QED) is 0.762. The molecule has 3 aromatic rings. The third-order valence-corrected chi connectivity index (χ3v) is 3.33. The van der Waals surface area contributed by atoms with Gasteiger partial charge in [0.15, 0.2) is 0 Å². The molecule has 2 aromatic heterocycles. The Morgan fingerprint density at radius 2 is 2.05 bits per heavy atom. The van der Waals surface area contributed by atoms with Crippen LogP contribution in [0.2, 0.25) is 0 Å². The van der Waals surface area contributed by atoms with Gasteiger partial charge in [-0.2, -0.15) is 5.10 Å². The maximum absolute atomic E-state index is 5.66. The van der Waals surface area contributed by atoms with Crippen LogP contribution in [-0.4, -0.2) is 26.3 Å². The smallest absolute Gasteiger partial charge is 0.110 e. The average molecular weight is 267 g/mol. The summed E-state index contributed by atoms with van der Waals surface area (Å²) in [6.07, 6.45) is 5.64. The number of nitrogens with zero attached hydrogens (tertiary/aromatic N) is 3. The van der Waals surface area contributed by atoms with Gasteiger partial charge in [-0.1, -0.05) is 25.1 Å². The molecule has 0 saturated heterocycles. The molecular weight excluding hydrogens is 250 g/mol. The Kier molecular flexibility index (Phi) is 3.35. The Morgan fingerprint density at radius 3 is 2.80 bits per heavy atom. The molecule has 1 aromatic carbocycles. The minimum Gasteiger partial charge on any atom is -0.342 e. The second-order valence-corrected chi connectivity index (χ2v) is 4.83. The summed E-state index contributed by atoms with van der Waals surface area (Å²) in [5.41, 5.74) is 8.66. The van der Waals surface area contributed by atoms with Gasteiger partial charge in [-0.25, -0.2) is 9.67 Å². The molecule has 0 amide bonds. The predicted molar refractivity (Wildman–Crippen MR) is 78.6 cm³/mol. The van der Waals surface area contributed by atoms with Gasteiger partial charge in [0.1, 0.15) is 5.82 Å². The van der Waals surface area contributed by atoms with Crippen molar-refractivity contribution >= 4 is 0 Å². The Balaban J connectivity index is 1.89. The molecule has 0 aliphatic rings.